The third kappa shape index (κ3) is 4.27. The molecule has 0 spiro atoms. The van der Waals surface area contributed by atoms with Gasteiger partial charge >= 0.3 is 0 Å². The predicted octanol–water partition coefficient (Wildman–Crippen LogP) is 2.64. The average molecular weight is 461 g/mol. The first kappa shape index (κ1) is 22.4. The lowest BCUT2D eigenvalue weighted by atomic mass is 9.99. The van der Waals surface area contributed by atoms with Gasteiger partial charge in [0.25, 0.3) is 5.91 Å². The van der Waals surface area contributed by atoms with Gasteiger partial charge in [-0.3, -0.25) is 4.79 Å². The molecular formula is C22H29ClN6O3. The van der Waals surface area contributed by atoms with Gasteiger partial charge in [0.1, 0.15) is 11.6 Å². The predicted molar refractivity (Wildman–Crippen MR) is 124 cm³/mol. The minimum atomic E-state index is -1.01. The van der Waals surface area contributed by atoms with Gasteiger partial charge in [0.15, 0.2) is 0 Å². The van der Waals surface area contributed by atoms with E-state index >= 15 is 0 Å². The number of carbonyl (C=O) groups is 1. The number of amides is 1. The highest BCUT2D eigenvalue weighted by Crippen LogP contribution is 2.42. The standard InChI is InChI=1S/C22H29ClN6O3/c1-13-8-19(27-21(24)26-13)29-6-5-7-31-11-17(29)14-9-18-16(10-15(14)23)25-12-22(2,32-18)20(30)28(3)4/h8-10,17,25H,5-7,11-12H2,1-4H3,(H2,24,26,27)/t17-,22+/m1/s1. The van der Waals surface area contributed by atoms with Gasteiger partial charge in [0.2, 0.25) is 11.5 Å². The van der Waals surface area contributed by atoms with E-state index < -0.39 is 5.60 Å². The first-order valence-electron chi connectivity index (χ1n) is 10.6. The molecule has 1 saturated heterocycles. The number of anilines is 3. The maximum atomic E-state index is 12.7. The number of aryl methyl sites for hydroxylation is 1. The number of nitrogens with one attached hydrogen (secondary N) is 1. The van der Waals surface area contributed by atoms with Gasteiger partial charge < -0.3 is 30.3 Å². The highest BCUT2D eigenvalue weighted by Gasteiger charge is 2.41. The molecule has 4 rings (SSSR count). The number of nitrogen functional groups attached to an aromatic ring is 1. The molecule has 0 saturated carbocycles. The van der Waals surface area contributed by atoms with E-state index in [0.29, 0.717) is 30.5 Å². The highest BCUT2D eigenvalue weighted by molar-refractivity contribution is 6.31. The van der Waals surface area contributed by atoms with E-state index in [2.05, 4.69) is 20.2 Å². The summed E-state index contributed by atoms with van der Waals surface area (Å²) in [6.45, 7) is 5.83. The Kier molecular flexibility index (Phi) is 6.05. The molecule has 9 nitrogen and oxygen atoms in total. The van der Waals surface area contributed by atoms with Crippen molar-refractivity contribution in [3.63, 3.8) is 0 Å². The summed E-state index contributed by atoms with van der Waals surface area (Å²) in [4.78, 5) is 25.0. The van der Waals surface area contributed by atoms with Crippen LogP contribution in [0.25, 0.3) is 0 Å². The van der Waals surface area contributed by atoms with Crippen molar-refractivity contribution in [3.05, 3.63) is 34.5 Å². The van der Waals surface area contributed by atoms with Gasteiger partial charge in [-0.25, -0.2) is 4.98 Å². The van der Waals surface area contributed by atoms with Crippen molar-refractivity contribution < 1.29 is 14.3 Å². The van der Waals surface area contributed by atoms with Crippen LogP contribution in [0.15, 0.2) is 18.2 Å². The molecule has 1 fully saturated rings. The maximum Gasteiger partial charge on any atom is 0.267 e. The average Bonchev–Trinajstić information content (AvgIpc) is 2.98. The quantitative estimate of drug-likeness (QED) is 0.720. The van der Waals surface area contributed by atoms with Crippen molar-refractivity contribution in [3.8, 4) is 5.75 Å². The topological polar surface area (TPSA) is 106 Å². The second kappa shape index (κ2) is 8.63. The van der Waals surface area contributed by atoms with E-state index in [4.69, 9.17) is 26.8 Å². The van der Waals surface area contributed by atoms with Crippen LogP contribution < -0.4 is 20.7 Å². The summed E-state index contributed by atoms with van der Waals surface area (Å²) in [5, 5.41) is 3.88. The number of likely N-dealkylation sites (N-methyl/N-ethyl adjacent to an activating group) is 1. The molecule has 1 aromatic heterocycles. The number of nitrogens with zero attached hydrogens (tertiary/aromatic N) is 4. The maximum absolute atomic E-state index is 12.7. The van der Waals surface area contributed by atoms with E-state index in [0.717, 1.165) is 35.7 Å². The zero-order valence-electron chi connectivity index (χ0n) is 18.8. The van der Waals surface area contributed by atoms with Crippen molar-refractivity contribution in [1.29, 1.82) is 0 Å². The highest BCUT2D eigenvalue weighted by atomic mass is 35.5. The lowest BCUT2D eigenvalue weighted by Gasteiger charge is -2.38. The zero-order valence-corrected chi connectivity index (χ0v) is 19.6. The minimum absolute atomic E-state index is 0.112. The molecule has 2 atom stereocenters. The number of fused-ring (bicyclic) bond motifs is 1. The fraction of sp³-hybridized carbons (Fsp3) is 0.500. The van der Waals surface area contributed by atoms with Crippen LogP contribution in [0.2, 0.25) is 5.02 Å². The third-order valence-corrected chi connectivity index (χ3v) is 6.09. The van der Waals surface area contributed by atoms with Crippen LogP contribution in [-0.2, 0) is 9.53 Å². The number of benzene rings is 1. The lowest BCUT2D eigenvalue weighted by molar-refractivity contribution is -0.143. The van der Waals surface area contributed by atoms with Crippen LogP contribution in [0.5, 0.6) is 5.75 Å². The molecule has 3 heterocycles. The van der Waals surface area contributed by atoms with Crippen LogP contribution >= 0.6 is 11.6 Å². The van der Waals surface area contributed by atoms with Gasteiger partial charge in [-0.15, -0.1) is 0 Å². The summed E-state index contributed by atoms with van der Waals surface area (Å²) >= 11 is 6.74. The fourth-order valence-corrected chi connectivity index (χ4v) is 4.50. The van der Waals surface area contributed by atoms with Crippen LogP contribution in [0, 0.1) is 6.92 Å². The Labute approximate surface area is 192 Å². The number of carbonyl (C=O) groups excluding carboxylic acids is 1. The second-order valence-corrected chi connectivity index (χ2v) is 9.03. The smallest absolute Gasteiger partial charge is 0.267 e. The number of hydrogen-bond acceptors (Lipinski definition) is 8. The molecule has 10 heteroatoms. The summed E-state index contributed by atoms with van der Waals surface area (Å²) in [6.07, 6.45) is 0.843. The van der Waals surface area contributed by atoms with E-state index in [1.165, 1.54) is 4.90 Å². The first-order chi connectivity index (χ1) is 15.2. The molecule has 0 aliphatic carbocycles. The number of halogens is 1. The molecule has 3 N–H and O–H groups in total. The van der Waals surface area contributed by atoms with E-state index in [1.54, 1.807) is 21.0 Å². The molecule has 2 aliphatic heterocycles. The lowest BCUT2D eigenvalue weighted by Crippen LogP contribution is -2.54. The summed E-state index contributed by atoms with van der Waals surface area (Å²) < 4.78 is 12.1. The van der Waals surface area contributed by atoms with Crippen LogP contribution in [-0.4, -0.2) is 66.8 Å². The summed E-state index contributed by atoms with van der Waals surface area (Å²) in [6, 6.07) is 5.44. The van der Waals surface area contributed by atoms with Gasteiger partial charge in [-0.05, 0) is 38.0 Å². The second-order valence-electron chi connectivity index (χ2n) is 8.62. The Hall–Kier alpha value is -2.78. The SMILES string of the molecule is Cc1cc(N2CCCOC[C@@H]2c2cc3c(cc2Cl)NC[C@@](C)(C(=O)N(C)C)O3)nc(N)n1. The molecule has 2 aliphatic rings. The number of aromatic nitrogens is 2. The Morgan fingerprint density at radius 3 is 2.84 bits per heavy atom. The van der Waals surface area contributed by atoms with E-state index in [-0.39, 0.29) is 17.9 Å². The first-order valence-corrected chi connectivity index (χ1v) is 11.0. The molecular weight excluding hydrogens is 432 g/mol. The van der Waals surface area contributed by atoms with Crippen molar-refractivity contribution in [1.82, 2.24) is 14.9 Å². The zero-order chi connectivity index (χ0) is 23.0. The van der Waals surface area contributed by atoms with Crippen molar-refractivity contribution in [2.75, 3.05) is 56.3 Å². The largest absolute Gasteiger partial charge is 0.474 e. The Morgan fingerprint density at radius 1 is 1.34 bits per heavy atom. The van der Waals surface area contributed by atoms with Crippen molar-refractivity contribution in [2.24, 2.45) is 0 Å². The molecule has 0 radical (unpaired) electrons. The number of rotatable bonds is 3. The van der Waals surface area contributed by atoms with Crippen LogP contribution in [0.4, 0.5) is 17.5 Å². The summed E-state index contributed by atoms with van der Waals surface area (Å²) in [7, 11) is 3.44. The van der Waals surface area contributed by atoms with E-state index in [9.17, 15) is 4.79 Å². The summed E-state index contributed by atoms with van der Waals surface area (Å²) in [5.74, 6) is 1.42. The van der Waals surface area contributed by atoms with E-state index in [1.807, 2.05) is 25.1 Å². The molecule has 0 bridgehead atoms. The summed E-state index contributed by atoms with van der Waals surface area (Å²) in [5.41, 5.74) is 7.29. The molecule has 1 amide bonds. The molecule has 32 heavy (non-hydrogen) atoms. The number of nitrogens with two attached hydrogens (primary N) is 1. The monoisotopic (exact) mass is 460 g/mol. The Morgan fingerprint density at radius 2 is 2.12 bits per heavy atom. The molecule has 1 aromatic carbocycles. The van der Waals surface area contributed by atoms with Crippen LogP contribution in [0.3, 0.4) is 0 Å². The van der Waals surface area contributed by atoms with Crippen molar-refractivity contribution in [2.45, 2.75) is 31.9 Å². The Balaban J connectivity index is 1.74. The normalized spacial score (nSPS) is 22.9. The minimum Gasteiger partial charge on any atom is -0.474 e. The number of hydrogen-bond donors (Lipinski definition) is 2. The van der Waals surface area contributed by atoms with Gasteiger partial charge in [-0.2, -0.15) is 4.98 Å². The van der Waals surface area contributed by atoms with Crippen LogP contribution in [0.1, 0.15) is 30.6 Å². The number of ether oxygens (including phenoxy) is 2. The fourth-order valence-electron chi connectivity index (χ4n) is 4.21. The molecule has 172 valence electrons. The molecule has 0 unspecified atom stereocenters. The van der Waals surface area contributed by atoms with Gasteiger partial charge in [0, 0.05) is 44.0 Å². The van der Waals surface area contributed by atoms with Crippen molar-refractivity contribution >= 4 is 35.0 Å². The Bertz CT molecular complexity index is 1010. The van der Waals surface area contributed by atoms with Gasteiger partial charge in [-0.1, -0.05) is 11.6 Å². The van der Waals surface area contributed by atoms with Gasteiger partial charge in [0.05, 0.1) is 24.9 Å². The molecule has 2 aromatic rings. The third-order valence-electron chi connectivity index (χ3n) is 5.76.